The molecule has 1 aromatic heterocycles. The maximum Gasteiger partial charge on any atom is 0.310 e. The van der Waals surface area contributed by atoms with Crippen LogP contribution in [0.4, 0.5) is 21.5 Å². The Bertz CT molecular complexity index is 1110. The molecule has 10 heteroatoms. The average molecular weight is 410 g/mol. The van der Waals surface area contributed by atoms with Crippen LogP contribution in [0.2, 0.25) is 0 Å². The van der Waals surface area contributed by atoms with Crippen LogP contribution in [0.1, 0.15) is 10.4 Å². The summed E-state index contributed by atoms with van der Waals surface area (Å²) in [4.78, 5) is 38.7. The Morgan fingerprint density at radius 2 is 1.77 bits per heavy atom. The highest BCUT2D eigenvalue weighted by Crippen LogP contribution is 2.25. The molecule has 1 heterocycles. The predicted molar refractivity (Wildman–Crippen MR) is 106 cm³/mol. The molecule has 0 spiro atoms. The van der Waals surface area contributed by atoms with Gasteiger partial charge in [-0.05, 0) is 30.3 Å². The van der Waals surface area contributed by atoms with Crippen molar-refractivity contribution in [2.75, 3.05) is 17.2 Å². The number of nitro groups is 1. The van der Waals surface area contributed by atoms with Crippen molar-refractivity contribution in [1.29, 1.82) is 0 Å². The number of pyridine rings is 1. The molecule has 0 saturated heterocycles. The minimum atomic E-state index is -0.672. The largest absolute Gasteiger partial charge is 0.483 e. The second kappa shape index (κ2) is 9.24. The van der Waals surface area contributed by atoms with Crippen LogP contribution in [0.25, 0.3) is 0 Å². The maximum absolute atomic E-state index is 13.6. The van der Waals surface area contributed by atoms with Gasteiger partial charge in [0.2, 0.25) is 0 Å². The van der Waals surface area contributed by atoms with Gasteiger partial charge >= 0.3 is 5.69 Å². The van der Waals surface area contributed by atoms with Crippen molar-refractivity contribution in [2.45, 2.75) is 0 Å². The zero-order chi connectivity index (χ0) is 21.5. The molecule has 30 heavy (non-hydrogen) atoms. The Balaban J connectivity index is 1.70. The van der Waals surface area contributed by atoms with Gasteiger partial charge in [0.05, 0.1) is 16.2 Å². The van der Waals surface area contributed by atoms with E-state index in [4.69, 9.17) is 4.74 Å². The maximum atomic E-state index is 13.6. The smallest absolute Gasteiger partial charge is 0.310 e. The lowest BCUT2D eigenvalue weighted by Crippen LogP contribution is -2.22. The predicted octanol–water partition coefficient (Wildman–Crippen LogP) is 3.40. The van der Waals surface area contributed by atoms with Crippen molar-refractivity contribution in [1.82, 2.24) is 4.98 Å². The fourth-order valence-corrected chi connectivity index (χ4v) is 2.50. The Morgan fingerprint density at radius 3 is 2.53 bits per heavy atom. The number of hydrogen-bond donors (Lipinski definition) is 2. The van der Waals surface area contributed by atoms with E-state index >= 15 is 0 Å². The number of halogens is 1. The highest BCUT2D eigenvalue weighted by atomic mass is 19.1. The zero-order valence-corrected chi connectivity index (χ0v) is 15.4. The number of benzene rings is 2. The summed E-state index contributed by atoms with van der Waals surface area (Å²) in [5.74, 6) is -1.81. The van der Waals surface area contributed by atoms with Crippen molar-refractivity contribution in [2.24, 2.45) is 0 Å². The van der Waals surface area contributed by atoms with E-state index in [1.807, 2.05) is 0 Å². The summed E-state index contributed by atoms with van der Waals surface area (Å²) in [6.45, 7) is -0.478. The molecule has 2 aromatic carbocycles. The van der Waals surface area contributed by atoms with Crippen LogP contribution in [-0.2, 0) is 4.79 Å². The molecule has 0 atom stereocenters. The molecule has 0 aliphatic heterocycles. The van der Waals surface area contributed by atoms with Gasteiger partial charge in [0.25, 0.3) is 11.8 Å². The molecule has 152 valence electrons. The zero-order valence-electron chi connectivity index (χ0n) is 15.4. The normalized spacial score (nSPS) is 10.2. The van der Waals surface area contributed by atoms with Crippen molar-refractivity contribution in [3.63, 3.8) is 0 Å². The molecule has 2 N–H and O–H groups in total. The molecule has 0 saturated carbocycles. The van der Waals surface area contributed by atoms with E-state index < -0.39 is 29.2 Å². The van der Waals surface area contributed by atoms with Crippen LogP contribution in [0, 0.1) is 15.9 Å². The Morgan fingerprint density at radius 1 is 1.03 bits per heavy atom. The summed E-state index contributed by atoms with van der Waals surface area (Å²) < 4.78 is 19.0. The van der Waals surface area contributed by atoms with Gasteiger partial charge < -0.3 is 15.4 Å². The molecule has 3 aromatic rings. The van der Waals surface area contributed by atoms with E-state index in [2.05, 4.69) is 15.6 Å². The van der Waals surface area contributed by atoms with Gasteiger partial charge in [-0.3, -0.25) is 24.7 Å². The van der Waals surface area contributed by atoms with Gasteiger partial charge in [-0.1, -0.05) is 24.3 Å². The van der Waals surface area contributed by atoms with E-state index in [0.717, 1.165) is 6.20 Å². The topological polar surface area (TPSA) is 123 Å². The van der Waals surface area contributed by atoms with Crippen molar-refractivity contribution in [3.05, 3.63) is 88.5 Å². The van der Waals surface area contributed by atoms with E-state index in [1.165, 1.54) is 42.6 Å². The first-order valence-corrected chi connectivity index (χ1v) is 8.61. The monoisotopic (exact) mass is 410 g/mol. The lowest BCUT2D eigenvalue weighted by Gasteiger charge is -2.12. The first-order chi connectivity index (χ1) is 14.5. The fourth-order valence-electron chi connectivity index (χ4n) is 2.50. The quantitative estimate of drug-likeness (QED) is 0.455. The number of nitrogens with one attached hydrogen (secondary N) is 2. The van der Waals surface area contributed by atoms with Crippen LogP contribution in [0.5, 0.6) is 5.75 Å². The van der Waals surface area contributed by atoms with Crippen molar-refractivity contribution >= 4 is 28.9 Å². The number of nitrogens with zero attached hydrogens (tertiary/aromatic N) is 2. The van der Waals surface area contributed by atoms with Crippen LogP contribution in [0.15, 0.2) is 67.0 Å². The molecule has 0 aliphatic rings. The van der Waals surface area contributed by atoms with Gasteiger partial charge in [0.15, 0.2) is 6.61 Å². The molecule has 0 bridgehead atoms. The van der Waals surface area contributed by atoms with Crippen LogP contribution >= 0.6 is 0 Å². The number of para-hydroxylation sites is 2. The lowest BCUT2D eigenvalue weighted by molar-refractivity contribution is -0.384. The molecule has 0 unspecified atom stereocenters. The SMILES string of the molecule is O=C(COc1ccccc1C(=O)Nc1ccncc1[N+](=O)[O-])Nc1ccccc1F. The van der Waals surface area contributed by atoms with Crippen molar-refractivity contribution < 1.29 is 23.6 Å². The first-order valence-electron chi connectivity index (χ1n) is 8.61. The number of carbonyl (C=O) groups is 2. The Labute approximate surface area is 169 Å². The standard InChI is InChI=1S/C20H15FN4O5/c21-14-6-2-3-7-15(14)23-19(26)12-30-18-8-4-1-5-13(18)20(27)24-16-9-10-22-11-17(16)25(28)29/h1-11H,12H2,(H,23,26)(H,22,24,27). The van der Waals surface area contributed by atoms with E-state index in [1.54, 1.807) is 18.2 Å². The second-order valence-electron chi connectivity index (χ2n) is 5.92. The number of hydrogen-bond acceptors (Lipinski definition) is 6. The summed E-state index contributed by atoms with van der Waals surface area (Å²) in [5, 5.41) is 15.9. The number of rotatable bonds is 7. The van der Waals surface area contributed by atoms with Crippen LogP contribution < -0.4 is 15.4 Å². The highest BCUT2D eigenvalue weighted by molar-refractivity contribution is 6.07. The molecule has 0 radical (unpaired) electrons. The van der Waals surface area contributed by atoms with E-state index in [-0.39, 0.29) is 28.4 Å². The van der Waals surface area contributed by atoms with Gasteiger partial charge in [0.1, 0.15) is 23.5 Å². The molecule has 0 fully saturated rings. The van der Waals surface area contributed by atoms with E-state index in [0.29, 0.717) is 0 Å². The van der Waals surface area contributed by atoms with Gasteiger partial charge in [-0.25, -0.2) is 4.39 Å². The summed E-state index contributed by atoms with van der Waals surface area (Å²) in [6, 6.07) is 13.0. The van der Waals surface area contributed by atoms with Crippen LogP contribution in [0.3, 0.4) is 0 Å². The molecule has 3 rings (SSSR count). The number of anilines is 2. The molecule has 9 nitrogen and oxygen atoms in total. The summed E-state index contributed by atoms with van der Waals surface area (Å²) >= 11 is 0. The minimum absolute atomic E-state index is 0.00197. The fraction of sp³-hybridized carbons (Fsp3) is 0.0500. The molecule has 2 amide bonds. The molecular formula is C20H15FN4O5. The highest BCUT2D eigenvalue weighted by Gasteiger charge is 2.19. The molecule has 0 aliphatic carbocycles. The third-order valence-corrected chi connectivity index (χ3v) is 3.88. The number of aromatic nitrogens is 1. The first kappa shape index (κ1) is 20.4. The van der Waals surface area contributed by atoms with Gasteiger partial charge in [-0.2, -0.15) is 0 Å². The summed E-state index contributed by atoms with van der Waals surface area (Å²) in [7, 11) is 0. The minimum Gasteiger partial charge on any atom is -0.483 e. The Hall–Kier alpha value is -4.34. The third-order valence-electron chi connectivity index (χ3n) is 3.88. The molecular weight excluding hydrogens is 395 g/mol. The van der Waals surface area contributed by atoms with E-state index in [9.17, 15) is 24.1 Å². The third kappa shape index (κ3) is 4.93. The lowest BCUT2D eigenvalue weighted by atomic mass is 10.2. The van der Waals surface area contributed by atoms with Crippen molar-refractivity contribution in [3.8, 4) is 5.75 Å². The second-order valence-corrected chi connectivity index (χ2v) is 5.92. The Kier molecular flexibility index (Phi) is 6.28. The number of ether oxygens (including phenoxy) is 1. The van der Waals surface area contributed by atoms with Gasteiger partial charge in [-0.15, -0.1) is 0 Å². The summed E-state index contributed by atoms with van der Waals surface area (Å²) in [5.41, 5.74) is -0.343. The van der Waals surface area contributed by atoms with Gasteiger partial charge in [0, 0.05) is 6.20 Å². The summed E-state index contributed by atoms with van der Waals surface area (Å²) in [6.07, 6.45) is 2.32. The average Bonchev–Trinajstić information content (AvgIpc) is 2.74. The number of amides is 2. The number of carbonyl (C=O) groups excluding carboxylic acids is 2. The van der Waals surface area contributed by atoms with Crippen LogP contribution in [-0.4, -0.2) is 28.3 Å².